The van der Waals surface area contributed by atoms with Crippen LogP contribution in [-0.4, -0.2) is 78.5 Å². The molecule has 1 aromatic heterocycles. The smallest absolute Gasteiger partial charge is 0.417 e. The van der Waals surface area contributed by atoms with Crippen LogP contribution in [-0.2, 0) is 41.7 Å². The SMILES string of the molecule is CO[C@@H]1C[C@H](S(=O)(=O)c2ccc(-c3cnn(CC(=O)N(C)C)c3)cc2C(F)(F)F)C[C@@]1(C(=O)O)C1CC1(C#N)C(N)=O. The molecule has 4 rings (SSSR count). The van der Waals surface area contributed by atoms with Crippen LogP contribution >= 0.6 is 0 Å². The van der Waals surface area contributed by atoms with Gasteiger partial charge >= 0.3 is 12.1 Å². The van der Waals surface area contributed by atoms with Gasteiger partial charge in [0.25, 0.3) is 0 Å². The number of sulfone groups is 1. The molecule has 16 heteroatoms. The Morgan fingerprint density at radius 2 is 1.93 bits per heavy atom. The van der Waals surface area contributed by atoms with E-state index in [-0.39, 0.29) is 30.0 Å². The molecule has 1 aromatic carbocycles. The van der Waals surface area contributed by atoms with Crippen molar-refractivity contribution in [2.24, 2.45) is 22.5 Å². The van der Waals surface area contributed by atoms with Gasteiger partial charge in [-0.15, -0.1) is 0 Å². The van der Waals surface area contributed by atoms with Crippen LogP contribution in [0.4, 0.5) is 13.2 Å². The summed E-state index contributed by atoms with van der Waals surface area (Å²) in [5, 5.41) is 22.2. The highest BCUT2D eigenvalue weighted by atomic mass is 32.2. The van der Waals surface area contributed by atoms with Crippen molar-refractivity contribution >= 4 is 27.6 Å². The second kappa shape index (κ2) is 10.4. The molecule has 42 heavy (non-hydrogen) atoms. The number of nitriles is 1. The second-order valence-electron chi connectivity index (χ2n) is 10.8. The fourth-order valence-electron chi connectivity index (χ4n) is 5.90. The Balaban J connectivity index is 1.73. The topological polar surface area (TPSA) is 186 Å². The standard InChI is InChI=1S/C26H28F3N5O7S/c1-33(2)21(35)12-34-11-15(10-32-34)14-4-5-18(17(6-14)26(27,28)29)42(39,40)16-7-20(41-3)25(8-16,23(37)38)19-9-24(19,13-30)22(31)36/h4-6,10-11,16,19-20H,7-9,12H2,1-3H3,(H2,31,36)(H,37,38)/t16-,19?,20+,24?,25+/m0/s1. The van der Waals surface area contributed by atoms with Gasteiger partial charge in [0.05, 0.1) is 34.1 Å². The minimum absolute atomic E-state index is 0.0101. The molecule has 0 bridgehead atoms. The van der Waals surface area contributed by atoms with Gasteiger partial charge in [-0.25, -0.2) is 8.42 Å². The number of carboxylic acids is 1. The summed E-state index contributed by atoms with van der Waals surface area (Å²) < 4.78 is 76.9. The van der Waals surface area contributed by atoms with Gasteiger partial charge in [0.15, 0.2) is 9.84 Å². The van der Waals surface area contributed by atoms with Crippen LogP contribution in [0.1, 0.15) is 24.8 Å². The van der Waals surface area contributed by atoms with Crippen LogP contribution in [0, 0.1) is 28.1 Å². The molecule has 2 aliphatic rings. The van der Waals surface area contributed by atoms with Crippen molar-refractivity contribution in [1.29, 1.82) is 5.26 Å². The number of ether oxygens (including phenoxy) is 1. The largest absolute Gasteiger partial charge is 0.481 e. The van der Waals surface area contributed by atoms with Crippen molar-refractivity contribution in [2.45, 2.75) is 48.2 Å². The number of nitrogens with two attached hydrogens (primary N) is 1. The Morgan fingerprint density at radius 3 is 2.43 bits per heavy atom. The zero-order valence-corrected chi connectivity index (χ0v) is 23.6. The van der Waals surface area contributed by atoms with Crippen molar-refractivity contribution in [3.05, 3.63) is 36.2 Å². The molecule has 1 heterocycles. The highest BCUT2D eigenvalue weighted by Gasteiger charge is 2.75. The number of aromatic nitrogens is 2. The summed E-state index contributed by atoms with van der Waals surface area (Å²) in [5.74, 6) is -4.09. The fourth-order valence-corrected chi connectivity index (χ4v) is 7.92. The van der Waals surface area contributed by atoms with Gasteiger partial charge in [-0.3, -0.25) is 19.1 Å². The van der Waals surface area contributed by atoms with Gasteiger partial charge in [0, 0.05) is 38.9 Å². The number of carbonyl (C=O) groups is 3. The third-order valence-corrected chi connectivity index (χ3v) is 10.5. The number of methoxy groups -OCH3 is 1. The summed E-state index contributed by atoms with van der Waals surface area (Å²) in [6.45, 7) is -0.164. The van der Waals surface area contributed by atoms with Gasteiger partial charge in [-0.2, -0.15) is 23.5 Å². The number of nitrogens with zero attached hydrogens (tertiary/aromatic N) is 4. The minimum Gasteiger partial charge on any atom is -0.481 e. The van der Waals surface area contributed by atoms with Gasteiger partial charge in [0.2, 0.25) is 11.8 Å². The monoisotopic (exact) mass is 611 g/mol. The quantitative estimate of drug-likeness (QED) is 0.426. The molecular formula is C26H28F3N5O7S. The summed E-state index contributed by atoms with van der Waals surface area (Å²) in [7, 11) is -0.635. The predicted octanol–water partition coefficient (Wildman–Crippen LogP) is 1.69. The number of alkyl halides is 3. The van der Waals surface area contributed by atoms with Crippen LogP contribution in [0.15, 0.2) is 35.5 Å². The van der Waals surface area contributed by atoms with Crippen LogP contribution in [0.3, 0.4) is 0 Å². The molecule has 0 radical (unpaired) electrons. The number of carboxylic acid groups (broad SMARTS) is 1. The number of aliphatic carboxylic acids is 1. The van der Waals surface area contributed by atoms with E-state index in [1.165, 1.54) is 42.1 Å². The zero-order valence-electron chi connectivity index (χ0n) is 22.8. The first kappa shape index (κ1) is 31.0. The maximum Gasteiger partial charge on any atom is 0.417 e. The molecular weight excluding hydrogens is 583 g/mol. The van der Waals surface area contributed by atoms with Crippen molar-refractivity contribution < 1.29 is 45.8 Å². The number of carbonyl (C=O) groups excluding carboxylic acids is 2. The summed E-state index contributed by atoms with van der Waals surface area (Å²) in [4.78, 5) is 36.8. The van der Waals surface area contributed by atoms with Crippen molar-refractivity contribution in [2.75, 3.05) is 21.2 Å². The predicted molar refractivity (Wildman–Crippen MR) is 138 cm³/mol. The van der Waals surface area contributed by atoms with E-state index >= 15 is 0 Å². The summed E-state index contributed by atoms with van der Waals surface area (Å²) in [6.07, 6.45) is -5.25. The fraction of sp³-hybridized carbons (Fsp3) is 0.500. The Labute approximate surface area is 238 Å². The molecule has 0 saturated heterocycles. The lowest BCUT2D eigenvalue weighted by Crippen LogP contribution is -2.44. The molecule has 2 unspecified atom stereocenters. The Hall–Kier alpha value is -3.97. The molecule has 12 nitrogen and oxygen atoms in total. The third kappa shape index (κ3) is 4.90. The van der Waals surface area contributed by atoms with Crippen molar-refractivity contribution in [3.8, 4) is 17.2 Å². The number of hydrogen-bond acceptors (Lipinski definition) is 8. The van der Waals surface area contributed by atoms with Gasteiger partial charge in [-0.05, 0) is 37.0 Å². The molecule has 0 spiro atoms. The average molecular weight is 612 g/mol. The third-order valence-electron chi connectivity index (χ3n) is 8.31. The van der Waals surface area contributed by atoms with Gasteiger partial charge < -0.3 is 20.5 Å². The van der Waals surface area contributed by atoms with Crippen LogP contribution in [0.5, 0.6) is 0 Å². The Morgan fingerprint density at radius 1 is 1.26 bits per heavy atom. The van der Waals surface area contributed by atoms with E-state index in [1.807, 2.05) is 0 Å². The van der Waals surface area contributed by atoms with E-state index in [0.717, 1.165) is 13.2 Å². The summed E-state index contributed by atoms with van der Waals surface area (Å²) in [6, 6.07) is 4.36. The van der Waals surface area contributed by atoms with Crippen molar-refractivity contribution in [3.63, 3.8) is 0 Å². The van der Waals surface area contributed by atoms with E-state index in [4.69, 9.17) is 10.5 Å². The Kier molecular flexibility index (Phi) is 7.66. The molecule has 2 saturated carbocycles. The highest BCUT2D eigenvalue weighted by molar-refractivity contribution is 7.92. The van der Waals surface area contributed by atoms with Crippen LogP contribution in [0.25, 0.3) is 11.1 Å². The normalized spacial score (nSPS) is 27.3. The molecule has 2 amide bonds. The molecule has 226 valence electrons. The first-order valence-electron chi connectivity index (χ1n) is 12.6. The van der Waals surface area contributed by atoms with E-state index in [0.29, 0.717) is 6.07 Å². The number of amides is 2. The maximum atomic E-state index is 14.3. The number of primary amides is 1. The lowest BCUT2D eigenvalue weighted by Gasteiger charge is -2.31. The van der Waals surface area contributed by atoms with Crippen LogP contribution < -0.4 is 5.73 Å². The number of benzene rings is 1. The van der Waals surface area contributed by atoms with Gasteiger partial charge in [0.1, 0.15) is 17.4 Å². The number of likely N-dealkylation sites (N-methyl/N-ethyl adjacent to an activating group) is 1. The Bertz CT molecular complexity index is 1600. The first-order valence-corrected chi connectivity index (χ1v) is 14.2. The molecule has 2 aromatic rings. The zero-order chi connectivity index (χ0) is 31.4. The molecule has 0 aliphatic heterocycles. The molecule has 2 aliphatic carbocycles. The first-order chi connectivity index (χ1) is 19.4. The lowest BCUT2D eigenvalue weighted by atomic mass is 9.75. The number of halogens is 3. The molecule has 5 atom stereocenters. The number of hydrogen-bond donors (Lipinski definition) is 2. The highest BCUT2D eigenvalue weighted by Crippen LogP contribution is 2.66. The summed E-state index contributed by atoms with van der Waals surface area (Å²) in [5.41, 5.74) is 0.192. The second-order valence-corrected chi connectivity index (χ2v) is 13.0. The lowest BCUT2D eigenvalue weighted by molar-refractivity contribution is -0.159. The summed E-state index contributed by atoms with van der Waals surface area (Å²) >= 11 is 0. The van der Waals surface area contributed by atoms with Crippen LogP contribution in [0.2, 0.25) is 0 Å². The maximum absolute atomic E-state index is 14.3. The van der Waals surface area contributed by atoms with Crippen molar-refractivity contribution in [1.82, 2.24) is 14.7 Å². The van der Waals surface area contributed by atoms with E-state index in [2.05, 4.69) is 5.10 Å². The van der Waals surface area contributed by atoms with E-state index in [9.17, 15) is 46.3 Å². The van der Waals surface area contributed by atoms with E-state index < -0.39 is 79.3 Å². The van der Waals surface area contributed by atoms with Gasteiger partial charge in [-0.1, -0.05) is 6.07 Å². The average Bonchev–Trinajstić information content (AvgIpc) is 3.27. The molecule has 2 fully saturated rings. The number of rotatable bonds is 9. The molecule has 3 N–H and O–H groups in total. The van der Waals surface area contributed by atoms with E-state index in [1.54, 1.807) is 6.07 Å². The minimum atomic E-state index is -5.11.